The Morgan fingerprint density at radius 1 is 1.47 bits per heavy atom. The van der Waals surface area contributed by atoms with Gasteiger partial charge in [-0.05, 0) is 37.3 Å². The van der Waals surface area contributed by atoms with Crippen LogP contribution >= 0.6 is 11.3 Å². The summed E-state index contributed by atoms with van der Waals surface area (Å²) in [6, 6.07) is 2.75. The maximum atomic E-state index is 4.53. The molecule has 1 aliphatic heterocycles. The first-order valence-electron chi connectivity index (χ1n) is 7.05. The summed E-state index contributed by atoms with van der Waals surface area (Å²) in [4.78, 5) is 12.4. The van der Waals surface area contributed by atoms with E-state index in [4.69, 9.17) is 0 Å². The van der Waals surface area contributed by atoms with E-state index in [2.05, 4.69) is 38.6 Å². The second-order valence-electron chi connectivity index (χ2n) is 5.08. The lowest BCUT2D eigenvalue weighted by Gasteiger charge is -2.26. The van der Waals surface area contributed by atoms with Gasteiger partial charge in [0, 0.05) is 19.1 Å². The zero-order valence-corrected chi connectivity index (χ0v) is 12.1. The van der Waals surface area contributed by atoms with Crippen LogP contribution in [0.2, 0.25) is 0 Å². The summed E-state index contributed by atoms with van der Waals surface area (Å²) in [5.41, 5.74) is 0. The minimum Gasteiger partial charge on any atom is -0.354 e. The van der Waals surface area contributed by atoms with Gasteiger partial charge in [0.15, 0.2) is 0 Å². The van der Waals surface area contributed by atoms with E-state index in [0.29, 0.717) is 6.04 Å². The normalized spacial score (nSPS) is 19.1. The van der Waals surface area contributed by atoms with Gasteiger partial charge in [0.2, 0.25) is 0 Å². The summed E-state index contributed by atoms with van der Waals surface area (Å²) in [7, 11) is 0. The van der Waals surface area contributed by atoms with Crippen LogP contribution in [0.25, 0.3) is 10.2 Å². The minimum atomic E-state index is 0.607. The van der Waals surface area contributed by atoms with Crippen LogP contribution in [0.3, 0.4) is 0 Å². The van der Waals surface area contributed by atoms with Crippen molar-refractivity contribution < 1.29 is 0 Å². The topological polar surface area (TPSA) is 41.0 Å². The molecule has 5 heteroatoms. The third-order valence-electron chi connectivity index (χ3n) is 3.64. The van der Waals surface area contributed by atoms with E-state index < -0.39 is 0 Å². The number of hydrogen-bond acceptors (Lipinski definition) is 5. The van der Waals surface area contributed by atoms with Gasteiger partial charge >= 0.3 is 0 Å². The van der Waals surface area contributed by atoms with Crippen molar-refractivity contribution in [3.63, 3.8) is 0 Å². The van der Waals surface area contributed by atoms with Crippen molar-refractivity contribution in [2.24, 2.45) is 0 Å². The van der Waals surface area contributed by atoms with Gasteiger partial charge in [0.25, 0.3) is 0 Å². The standard InChI is InChI=1S/C14H20N4S/c1-2-7-18(9-11-4-3-6-15-11)13-12-5-8-19-14(12)17-10-16-13/h5,8,10-11,15H,2-4,6-7,9H2,1H3. The van der Waals surface area contributed by atoms with E-state index in [9.17, 15) is 0 Å². The molecular formula is C14H20N4S. The minimum absolute atomic E-state index is 0.607. The van der Waals surface area contributed by atoms with E-state index in [1.807, 2.05) is 0 Å². The van der Waals surface area contributed by atoms with E-state index >= 15 is 0 Å². The molecule has 19 heavy (non-hydrogen) atoms. The molecule has 0 aliphatic carbocycles. The maximum Gasteiger partial charge on any atom is 0.140 e. The molecule has 2 aromatic rings. The molecule has 0 amide bonds. The number of thiophene rings is 1. The molecule has 3 heterocycles. The maximum absolute atomic E-state index is 4.53. The highest BCUT2D eigenvalue weighted by atomic mass is 32.1. The summed E-state index contributed by atoms with van der Waals surface area (Å²) >= 11 is 1.69. The third-order valence-corrected chi connectivity index (χ3v) is 4.46. The molecule has 1 saturated heterocycles. The molecule has 4 nitrogen and oxygen atoms in total. The zero-order valence-electron chi connectivity index (χ0n) is 11.3. The molecule has 1 aliphatic rings. The molecule has 1 unspecified atom stereocenters. The lowest BCUT2D eigenvalue weighted by atomic mass is 10.2. The number of anilines is 1. The van der Waals surface area contributed by atoms with E-state index in [1.165, 1.54) is 18.2 Å². The zero-order chi connectivity index (χ0) is 13.1. The molecule has 1 N–H and O–H groups in total. The van der Waals surface area contributed by atoms with E-state index in [0.717, 1.165) is 36.7 Å². The molecular weight excluding hydrogens is 256 g/mol. The van der Waals surface area contributed by atoms with Crippen LogP contribution in [0.1, 0.15) is 26.2 Å². The van der Waals surface area contributed by atoms with Gasteiger partial charge in [0.05, 0.1) is 5.39 Å². The van der Waals surface area contributed by atoms with Crippen LogP contribution in [0.4, 0.5) is 5.82 Å². The van der Waals surface area contributed by atoms with Gasteiger partial charge in [-0.15, -0.1) is 11.3 Å². The van der Waals surface area contributed by atoms with Crippen molar-refractivity contribution in [2.75, 3.05) is 24.5 Å². The summed E-state index contributed by atoms with van der Waals surface area (Å²) in [5, 5.41) is 6.87. The van der Waals surface area contributed by atoms with Gasteiger partial charge in [-0.3, -0.25) is 0 Å². The third kappa shape index (κ3) is 2.72. The molecule has 0 spiro atoms. The van der Waals surface area contributed by atoms with Crippen LogP contribution in [0, 0.1) is 0 Å². The Kier molecular flexibility index (Phi) is 3.94. The molecule has 3 rings (SSSR count). The van der Waals surface area contributed by atoms with E-state index in [-0.39, 0.29) is 0 Å². The monoisotopic (exact) mass is 276 g/mol. The van der Waals surface area contributed by atoms with Gasteiger partial charge in [-0.25, -0.2) is 9.97 Å². The number of hydrogen-bond donors (Lipinski definition) is 1. The first-order valence-corrected chi connectivity index (χ1v) is 7.93. The smallest absolute Gasteiger partial charge is 0.140 e. The number of rotatable bonds is 5. The van der Waals surface area contributed by atoms with Gasteiger partial charge < -0.3 is 10.2 Å². The van der Waals surface area contributed by atoms with Crippen molar-refractivity contribution in [3.8, 4) is 0 Å². The lowest BCUT2D eigenvalue weighted by molar-refractivity contribution is 0.576. The Hall–Kier alpha value is -1.20. The van der Waals surface area contributed by atoms with Crippen LogP contribution in [0.15, 0.2) is 17.8 Å². The molecule has 1 atom stereocenters. The van der Waals surface area contributed by atoms with Crippen LogP contribution in [0.5, 0.6) is 0 Å². The number of nitrogens with one attached hydrogen (secondary N) is 1. The fourth-order valence-corrected chi connectivity index (χ4v) is 3.49. The number of aromatic nitrogens is 2. The Morgan fingerprint density at radius 3 is 3.21 bits per heavy atom. The number of fused-ring (bicyclic) bond motifs is 1. The Labute approximate surface area is 117 Å². The van der Waals surface area contributed by atoms with Crippen molar-refractivity contribution in [1.82, 2.24) is 15.3 Å². The second kappa shape index (κ2) is 5.84. The SMILES string of the molecule is CCCN(CC1CCCN1)c1ncnc2sccc12. The molecule has 1 fully saturated rings. The van der Waals surface area contributed by atoms with Crippen molar-refractivity contribution in [2.45, 2.75) is 32.2 Å². The summed E-state index contributed by atoms with van der Waals surface area (Å²) in [6.07, 6.45) is 5.40. The van der Waals surface area contributed by atoms with Crippen molar-refractivity contribution >= 4 is 27.4 Å². The first kappa shape index (κ1) is 12.8. The average molecular weight is 276 g/mol. The quantitative estimate of drug-likeness (QED) is 0.911. The Balaban J connectivity index is 1.87. The van der Waals surface area contributed by atoms with Crippen LogP contribution in [-0.4, -0.2) is 35.6 Å². The van der Waals surface area contributed by atoms with Gasteiger partial charge in [-0.2, -0.15) is 0 Å². The lowest BCUT2D eigenvalue weighted by Crippen LogP contribution is -2.38. The first-order chi connectivity index (χ1) is 9.38. The fraction of sp³-hybridized carbons (Fsp3) is 0.571. The molecule has 2 aromatic heterocycles. The highest BCUT2D eigenvalue weighted by Crippen LogP contribution is 2.27. The molecule has 0 saturated carbocycles. The van der Waals surface area contributed by atoms with Crippen LogP contribution < -0.4 is 10.2 Å². The molecule has 0 aromatic carbocycles. The van der Waals surface area contributed by atoms with Gasteiger partial charge in [0.1, 0.15) is 17.0 Å². The molecule has 102 valence electrons. The summed E-state index contributed by atoms with van der Waals surface area (Å²) in [5.74, 6) is 1.10. The van der Waals surface area contributed by atoms with E-state index in [1.54, 1.807) is 17.7 Å². The van der Waals surface area contributed by atoms with Crippen molar-refractivity contribution in [3.05, 3.63) is 17.8 Å². The number of nitrogens with zero attached hydrogens (tertiary/aromatic N) is 3. The summed E-state index contributed by atoms with van der Waals surface area (Å²) in [6.45, 7) is 5.49. The Morgan fingerprint density at radius 2 is 2.42 bits per heavy atom. The molecule has 0 bridgehead atoms. The van der Waals surface area contributed by atoms with Gasteiger partial charge in [-0.1, -0.05) is 6.92 Å². The molecule has 0 radical (unpaired) electrons. The average Bonchev–Trinajstić information content (AvgIpc) is 3.08. The Bertz CT molecular complexity index is 533. The summed E-state index contributed by atoms with van der Waals surface area (Å²) < 4.78 is 0. The highest BCUT2D eigenvalue weighted by Gasteiger charge is 2.20. The van der Waals surface area contributed by atoms with Crippen molar-refractivity contribution in [1.29, 1.82) is 0 Å². The predicted octanol–water partition coefficient (Wildman–Crippen LogP) is 2.66. The predicted molar refractivity (Wildman–Crippen MR) is 80.9 cm³/mol. The second-order valence-corrected chi connectivity index (χ2v) is 5.97. The van der Waals surface area contributed by atoms with Crippen LogP contribution in [-0.2, 0) is 0 Å². The highest BCUT2D eigenvalue weighted by molar-refractivity contribution is 7.16. The largest absolute Gasteiger partial charge is 0.354 e. The fourth-order valence-electron chi connectivity index (χ4n) is 2.76.